The second-order valence-electron chi connectivity index (χ2n) is 7.47. The first-order valence-electron chi connectivity index (χ1n) is 9.75. The normalized spacial score (nSPS) is 17.8. The molecule has 1 amide bonds. The number of hydrogen-bond acceptors (Lipinski definition) is 4. The summed E-state index contributed by atoms with van der Waals surface area (Å²) in [5.41, 5.74) is 8.72. The number of aryl methyl sites for hydroxylation is 1. The van der Waals surface area contributed by atoms with Crippen LogP contribution in [0.1, 0.15) is 43.9 Å². The molecule has 0 bridgehead atoms. The number of hydrogen-bond donors (Lipinski definition) is 3. The number of amides is 1. The molecule has 7 nitrogen and oxygen atoms in total. The molecule has 2 aromatic rings. The monoisotopic (exact) mass is 385 g/mol. The maximum absolute atomic E-state index is 12.7. The zero-order chi connectivity index (χ0) is 20.3. The summed E-state index contributed by atoms with van der Waals surface area (Å²) in [6, 6.07) is 6.63. The zero-order valence-electron chi connectivity index (χ0n) is 16.1. The van der Waals surface area contributed by atoms with Crippen LogP contribution in [0.3, 0.4) is 0 Å². The van der Waals surface area contributed by atoms with Crippen LogP contribution in [0.4, 0.5) is 0 Å². The molecule has 1 aromatic carbocycles. The van der Waals surface area contributed by atoms with Crippen LogP contribution in [0.15, 0.2) is 24.3 Å². The summed E-state index contributed by atoms with van der Waals surface area (Å²) in [6.07, 6.45) is 3.26. The van der Waals surface area contributed by atoms with Crippen LogP contribution in [0.5, 0.6) is 0 Å². The largest absolute Gasteiger partial charge is 0.481 e. The lowest BCUT2D eigenvalue weighted by Gasteiger charge is -2.24. The summed E-state index contributed by atoms with van der Waals surface area (Å²) in [6.45, 7) is 2.10. The number of nitrogens with one attached hydrogen (secondary N) is 1. The fraction of sp³-hybridized carbons (Fsp3) is 0.476. The predicted molar refractivity (Wildman–Crippen MR) is 106 cm³/mol. The number of para-hydroxylation sites is 1. The van der Waals surface area contributed by atoms with Crippen molar-refractivity contribution in [3.8, 4) is 0 Å². The van der Waals surface area contributed by atoms with Gasteiger partial charge in [-0.2, -0.15) is 0 Å². The van der Waals surface area contributed by atoms with Crippen molar-refractivity contribution < 1.29 is 19.5 Å². The number of nitrogens with zero attached hydrogens (tertiary/aromatic N) is 1. The van der Waals surface area contributed by atoms with Gasteiger partial charge in [0, 0.05) is 30.1 Å². The second-order valence-corrected chi connectivity index (χ2v) is 7.47. The summed E-state index contributed by atoms with van der Waals surface area (Å²) in [5.74, 6) is -1.03. The predicted octanol–water partition coefficient (Wildman–Crippen LogP) is 2.02. The van der Waals surface area contributed by atoms with Gasteiger partial charge in [0.2, 0.25) is 5.91 Å². The first-order valence-corrected chi connectivity index (χ1v) is 9.75. The summed E-state index contributed by atoms with van der Waals surface area (Å²) >= 11 is 0. The number of Topliss-reactive ketones (excluding diaryl/α,β-unsaturated/α-hetero) is 1. The van der Waals surface area contributed by atoms with Crippen LogP contribution in [0, 0.1) is 0 Å². The van der Waals surface area contributed by atoms with Gasteiger partial charge >= 0.3 is 5.97 Å². The second kappa shape index (κ2) is 8.56. The third kappa shape index (κ3) is 4.25. The van der Waals surface area contributed by atoms with Gasteiger partial charge in [0.05, 0.1) is 18.5 Å². The van der Waals surface area contributed by atoms with Gasteiger partial charge in [-0.15, -0.1) is 0 Å². The Hall–Kier alpha value is -2.67. The molecule has 1 fully saturated rings. The third-order valence-electron chi connectivity index (χ3n) is 5.52. The standard InChI is InChI=1S/C21H27N3O4/c1-13(25)24-11-5-10-19(24)21(28)16(22)7-4-9-18-15(12-20(26)27)14-6-2-3-8-17(14)23-18/h2-3,6,8,16,19,23H,4-5,7,9-12,22H2,1H3,(H,26,27). The molecule has 0 saturated carbocycles. The van der Waals surface area contributed by atoms with Gasteiger partial charge in [0.1, 0.15) is 0 Å². The number of likely N-dealkylation sites (tertiary alicyclic amines) is 1. The Balaban J connectivity index is 1.64. The number of benzene rings is 1. The molecule has 1 aliphatic rings. The first-order chi connectivity index (χ1) is 13.4. The molecular weight excluding hydrogens is 358 g/mol. The lowest BCUT2D eigenvalue weighted by molar-refractivity contribution is -0.136. The number of rotatable bonds is 8. The van der Waals surface area contributed by atoms with E-state index in [9.17, 15) is 19.5 Å². The number of carboxylic acids is 1. The number of aromatic amines is 1. The molecular formula is C21H27N3O4. The van der Waals surface area contributed by atoms with Crippen LogP contribution in [-0.4, -0.2) is 51.3 Å². The quantitative estimate of drug-likeness (QED) is 0.643. The SMILES string of the molecule is CC(=O)N1CCCC1C(=O)C(N)CCCc1[nH]c2ccccc2c1CC(=O)O. The Morgan fingerprint density at radius 1 is 1.32 bits per heavy atom. The number of aliphatic carboxylic acids is 1. The molecule has 2 heterocycles. The summed E-state index contributed by atoms with van der Waals surface area (Å²) in [7, 11) is 0. The van der Waals surface area contributed by atoms with Gasteiger partial charge in [-0.3, -0.25) is 14.4 Å². The summed E-state index contributed by atoms with van der Waals surface area (Å²) in [4.78, 5) is 40.5. The van der Waals surface area contributed by atoms with E-state index in [-0.39, 0.29) is 18.1 Å². The lowest BCUT2D eigenvalue weighted by Crippen LogP contribution is -2.46. The van der Waals surface area contributed by atoms with Crippen molar-refractivity contribution in [1.29, 1.82) is 0 Å². The molecule has 1 aromatic heterocycles. The molecule has 4 N–H and O–H groups in total. The van der Waals surface area contributed by atoms with Crippen LogP contribution in [-0.2, 0) is 27.2 Å². The molecule has 7 heteroatoms. The molecule has 2 atom stereocenters. The van der Waals surface area contributed by atoms with Gasteiger partial charge in [-0.25, -0.2) is 0 Å². The van der Waals surface area contributed by atoms with Gasteiger partial charge in [-0.1, -0.05) is 18.2 Å². The Labute approximate surface area is 163 Å². The molecule has 1 aliphatic heterocycles. The van der Waals surface area contributed by atoms with E-state index >= 15 is 0 Å². The minimum atomic E-state index is -0.872. The molecule has 2 unspecified atom stereocenters. The first kappa shape index (κ1) is 20.1. The van der Waals surface area contributed by atoms with Crippen LogP contribution in [0.2, 0.25) is 0 Å². The van der Waals surface area contributed by atoms with Crippen molar-refractivity contribution in [1.82, 2.24) is 9.88 Å². The average Bonchev–Trinajstić information content (AvgIpc) is 3.26. The molecule has 0 aliphatic carbocycles. The van der Waals surface area contributed by atoms with E-state index in [1.54, 1.807) is 4.90 Å². The van der Waals surface area contributed by atoms with E-state index in [1.807, 2.05) is 24.3 Å². The number of carboxylic acid groups (broad SMARTS) is 1. The zero-order valence-corrected chi connectivity index (χ0v) is 16.1. The topological polar surface area (TPSA) is 116 Å². The summed E-state index contributed by atoms with van der Waals surface area (Å²) < 4.78 is 0. The molecule has 3 rings (SSSR count). The number of fused-ring (bicyclic) bond motifs is 1. The van der Waals surface area contributed by atoms with E-state index in [0.29, 0.717) is 32.2 Å². The molecule has 28 heavy (non-hydrogen) atoms. The van der Waals surface area contributed by atoms with E-state index in [2.05, 4.69) is 4.98 Å². The van der Waals surface area contributed by atoms with E-state index in [1.165, 1.54) is 6.92 Å². The van der Waals surface area contributed by atoms with E-state index in [4.69, 9.17) is 5.73 Å². The maximum atomic E-state index is 12.7. The number of ketones is 1. The van der Waals surface area contributed by atoms with E-state index in [0.717, 1.165) is 28.6 Å². The van der Waals surface area contributed by atoms with Gasteiger partial charge in [-0.05, 0) is 43.7 Å². The Morgan fingerprint density at radius 3 is 2.79 bits per heavy atom. The molecule has 0 radical (unpaired) electrons. The fourth-order valence-corrected chi connectivity index (χ4v) is 4.15. The van der Waals surface area contributed by atoms with Gasteiger partial charge in [0.15, 0.2) is 5.78 Å². The van der Waals surface area contributed by atoms with Gasteiger partial charge < -0.3 is 20.7 Å². The maximum Gasteiger partial charge on any atom is 0.307 e. The molecule has 150 valence electrons. The summed E-state index contributed by atoms with van der Waals surface area (Å²) in [5, 5.41) is 10.2. The lowest BCUT2D eigenvalue weighted by atomic mass is 9.97. The minimum Gasteiger partial charge on any atom is -0.481 e. The van der Waals surface area contributed by atoms with Crippen molar-refractivity contribution in [2.45, 2.75) is 57.5 Å². The minimum absolute atomic E-state index is 0.0417. The highest BCUT2D eigenvalue weighted by Crippen LogP contribution is 2.25. The average molecular weight is 385 g/mol. The third-order valence-corrected chi connectivity index (χ3v) is 5.52. The van der Waals surface area contributed by atoms with Gasteiger partial charge in [0.25, 0.3) is 0 Å². The number of carbonyl (C=O) groups is 3. The van der Waals surface area contributed by atoms with Crippen molar-refractivity contribution in [3.63, 3.8) is 0 Å². The van der Waals surface area contributed by atoms with Crippen LogP contribution >= 0.6 is 0 Å². The molecule has 1 saturated heterocycles. The number of carbonyl (C=O) groups excluding carboxylic acids is 2. The van der Waals surface area contributed by atoms with Crippen LogP contribution in [0.25, 0.3) is 10.9 Å². The number of nitrogens with two attached hydrogens (primary N) is 1. The highest BCUT2D eigenvalue weighted by atomic mass is 16.4. The number of aromatic nitrogens is 1. The molecule has 0 spiro atoms. The van der Waals surface area contributed by atoms with Crippen molar-refractivity contribution in [2.75, 3.05) is 6.54 Å². The number of H-pyrrole nitrogens is 1. The Bertz CT molecular complexity index is 889. The van der Waals surface area contributed by atoms with Crippen LogP contribution < -0.4 is 5.73 Å². The van der Waals surface area contributed by atoms with E-state index < -0.39 is 18.1 Å². The highest BCUT2D eigenvalue weighted by Gasteiger charge is 2.34. The fourth-order valence-electron chi connectivity index (χ4n) is 4.15. The van der Waals surface area contributed by atoms with Crippen molar-refractivity contribution >= 4 is 28.6 Å². The van der Waals surface area contributed by atoms with Crippen molar-refractivity contribution in [2.24, 2.45) is 5.73 Å². The Morgan fingerprint density at radius 2 is 2.07 bits per heavy atom. The van der Waals surface area contributed by atoms with Crippen molar-refractivity contribution in [3.05, 3.63) is 35.5 Å². The Kier molecular flexibility index (Phi) is 6.14. The highest BCUT2D eigenvalue weighted by molar-refractivity contribution is 5.92. The smallest absolute Gasteiger partial charge is 0.307 e.